The van der Waals surface area contributed by atoms with Gasteiger partial charge >= 0.3 is 0 Å². The lowest BCUT2D eigenvalue weighted by molar-refractivity contribution is 0.220. The van der Waals surface area contributed by atoms with Gasteiger partial charge in [0.05, 0.1) is 0 Å². The normalized spacial score (nSPS) is 18.1. The molecule has 3 nitrogen and oxygen atoms in total. The van der Waals surface area contributed by atoms with Crippen molar-refractivity contribution in [1.82, 2.24) is 4.31 Å². The molecule has 0 aliphatic rings. The SMILES string of the molecule is CC(C)CC(C)N(C(C)CC(C)C)S(=O)O. The van der Waals surface area contributed by atoms with Crippen LogP contribution in [0, 0.1) is 11.8 Å². The standard InChI is InChI=1S/C12H27NO2S/c1-9(2)7-11(5)13(16(14)15)12(6)8-10(3)4/h9-12H,7-8H2,1-6H3,(H,14,15). The summed E-state index contributed by atoms with van der Waals surface area (Å²) in [6, 6.07) is 0.305. The number of nitrogens with zero attached hydrogens (tertiary/aromatic N) is 1. The summed E-state index contributed by atoms with van der Waals surface area (Å²) in [6.45, 7) is 12.6. The molecule has 0 saturated heterocycles. The molecule has 0 aromatic heterocycles. The highest BCUT2D eigenvalue weighted by molar-refractivity contribution is 7.76. The second-order valence-electron chi connectivity index (χ2n) is 5.55. The summed E-state index contributed by atoms with van der Waals surface area (Å²) in [6.07, 6.45) is 1.91. The van der Waals surface area contributed by atoms with Crippen LogP contribution in [0.3, 0.4) is 0 Å². The molecule has 0 heterocycles. The highest BCUT2D eigenvalue weighted by atomic mass is 32.2. The molecule has 0 aromatic carbocycles. The largest absolute Gasteiger partial charge is 0.294 e. The molecular formula is C12H27NO2S. The minimum Gasteiger partial charge on any atom is -0.294 e. The van der Waals surface area contributed by atoms with Crippen molar-refractivity contribution >= 4 is 11.3 Å². The quantitative estimate of drug-likeness (QED) is 0.703. The molecule has 3 unspecified atom stereocenters. The topological polar surface area (TPSA) is 40.5 Å². The Morgan fingerprint density at radius 1 is 0.938 bits per heavy atom. The van der Waals surface area contributed by atoms with Crippen LogP contribution in [0.1, 0.15) is 54.4 Å². The maximum absolute atomic E-state index is 11.4. The van der Waals surface area contributed by atoms with Gasteiger partial charge in [-0.25, -0.2) is 4.21 Å². The van der Waals surface area contributed by atoms with Crippen LogP contribution in [-0.4, -0.2) is 25.2 Å². The minimum atomic E-state index is -1.86. The molecule has 1 N–H and O–H groups in total. The first-order chi connectivity index (χ1) is 7.25. The zero-order chi connectivity index (χ0) is 12.9. The zero-order valence-electron chi connectivity index (χ0n) is 11.4. The zero-order valence-corrected chi connectivity index (χ0v) is 12.3. The van der Waals surface area contributed by atoms with E-state index in [0.29, 0.717) is 11.8 Å². The molecule has 3 atom stereocenters. The van der Waals surface area contributed by atoms with Crippen molar-refractivity contribution in [2.45, 2.75) is 66.5 Å². The molecule has 0 aliphatic heterocycles. The Hall–Kier alpha value is 0.0700. The first-order valence-electron chi connectivity index (χ1n) is 6.15. The van der Waals surface area contributed by atoms with Gasteiger partial charge in [0.1, 0.15) is 0 Å². The van der Waals surface area contributed by atoms with Crippen LogP contribution in [0.2, 0.25) is 0 Å². The van der Waals surface area contributed by atoms with E-state index in [-0.39, 0.29) is 12.1 Å². The molecule has 0 radical (unpaired) electrons. The Morgan fingerprint density at radius 3 is 1.44 bits per heavy atom. The first kappa shape index (κ1) is 16.1. The van der Waals surface area contributed by atoms with Crippen molar-refractivity contribution < 1.29 is 8.76 Å². The third-order valence-corrected chi connectivity index (χ3v) is 3.75. The van der Waals surface area contributed by atoms with Crippen LogP contribution in [0.15, 0.2) is 0 Å². The molecule has 0 spiro atoms. The van der Waals surface area contributed by atoms with Crippen molar-refractivity contribution in [3.63, 3.8) is 0 Å². The van der Waals surface area contributed by atoms with Crippen LogP contribution < -0.4 is 0 Å². The van der Waals surface area contributed by atoms with Crippen LogP contribution in [0.25, 0.3) is 0 Å². The van der Waals surface area contributed by atoms with Gasteiger partial charge < -0.3 is 0 Å². The predicted molar refractivity (Wildman–Crippen MR) is 70.4 cm³/mol. The maximum Gasteiger partial charge on any atom is 0.235 e. The van der Waals surface area contributed by atoms with Gasteiger partial charge in [0, 0.05) is 12.1 Å². The molecule has 0 aliphatic carbocycles. The molecule has 0 fully saturated rings. The van der Waals surface area contributed by atoms with Gasteiger partial charge in [-0.15, -0.1) is 0 Å². The van der Waals surface area contributed by atoms with Gasteiger partial charge in [0.2, 0.25) is 11.3 Å². The summed E-state index contributed by atoms with van der Waals surface area (Å²) < 4.78 is 22.5. The Bertz CT molecular complexity index is 203. The average Bonchev–Trinajstić information content (AvgIpc) is 1.98. The van der Waals surface area contributed by atoms with E-state index in [1.807, 2.05) is 13.8 Å². The Morgan fingerprint density at radius 2 is 1.25 bits per heavy atom. The molecule has 16 heavy (non-hydrogen) atoms. The van der Waals surface area contributed by atoms with E-state index in [1.165, 1.54) is 0 Å². The van der Waals surface area contributed by atoms with Crippen LogP contribution in [-0.2, 0) is 11.3 Å². The van der Waals surface area contributed by atoms with Crippen molar-refractivity contribution in [3.05, 3.63) is 0 Å². The van der Waals surface area contributed by atoms with Crippen LogP contribution in [0.4, 0.5) is 0 Å². The van der Waals surface area contributed by atoms with E-state index in [9.17, 15) is 8.76 Å². The summed E-state index contributed by atoms with van der Waals surface area (Å²) in [4.78, 5) is 0. The van der Waals surface area contributed by atoms with E-state index >= 15 is 0 Å². The van der Waals surface area contributed by atoms with Crippen molar-refractivity contribution in [3.8, 4) is 0 Å². The fraction of sp³-hybridized carbons (Fsp3) is 1.00. The smallest absolute Gasteiger partial charge is 0.235 e. The molecule has 98 valence electrons. The third-order valence-electron chi connectivity index (χ3n) is 2.67. The van der Waals surface area contributed by atoms with E-state index in [1.54, 1.807) is 4.31 Å². The van der Waals surface area contributed by atoms with Crippen molar-refractivity contribution in [1.29, 1.82) is 0 Å². The second-order valence-corrected chi connectivity index (χ2v) is 6.43. The van der Waals surface area contributed by atoms with Gasteiger partial charge in [0.15, 0.2) is 0 Å². The van der Waals surface area contributed by atoms with E-state index in [4.69, 9.17) is 0 Å². The molecular weight excluding hydrogens is 222 g/mol. The van der Waals surface area contributed by atoms with E-state index < -0.39 is 11.3 Å². The van der Waals surface area contributed by atoms with E-state index in [2.05, 4.69) is 27.7 Å². The fourth-order valence-corrected chi connectivity index (χ4v) is 3.10. The molecule has 0 bridgehead atoms. The lowest BCUT2D eigenvalue weighted by Crippen LogP contribution is -2.42. The Kier molecular flexibility index (Phi) is 7.44. The minimum absolute atomic E-state index is 0.152. The summed E-state index contributed by atoms with van der Waals surface area (Å²) in [5.41, 5.74) is 0. The third kappa shape index (κ3) is 5.97. The predicted octanol–water partition coefficient (Wildman–Crippen LogP) is 3.29. The molecule has 0 saturated carbocycles. The molecule has 0 aromatic rings. The monoisotopic (exact) mass is 249 g/mol. The second kappa shape index (κ2) is 7.41. The molecule has 4 heteroatoms. The van der Waals surface area contributed by atoms with Gasteiger partial charge in [0.25, 0.3) is 0 Å². The average molecular weight is 249 g/mol. The van der Waals surface area contributed by atoms with Crippen molar-refractivity contribution in [2.24, 2.45) is 11.8 Å². The highest BCUT2D eigenvalue weighted by Crippen LogP contribution is 2.19. The number of rotatable bonds is 7. The van der Waals surface area contributed by atoms with Gasteiger partial charge in [-0.1, -0.05) is 27.7 Å². The lowest BCUT2D eigenvalue weighted by Gasteiger charge is -2.32. The lowest BCUT2D eigenvalue weighted by atomic mass is 10.0. The Balaban J connectivity index is 4.53. The summed E-state index contributed by atoms with van der Waals surface area (Å²) >= 11 is -1.86. The maximum atomic E-state index is 11.4. The number of hydrogen-bond donors (Lipinski definition) is 1. The summed E-state index contributed by atoms with van der Waals surface area (Å²) in [7, 11) is 0. The van der Waals surface area contributed by atoms with Gasteiger partial charge in [-0.05, 0) is 38.5 Å². The first-order valence-corrected chi connectivity index (χ1v) is 7.21. The summed E-state index contributed by atoms with van der Waals surface area (Å²) in [5.74, 6) is 1.10. The Labute approximate surface area is 103 Å². The van der Waals surface area contributed by atoms with Crippen LogP contribution >= 0.6 is 0 Å². The van der Waals surface area contributed by atoms with E-state index in [0.717, 1.165) is 12.8 Å². The van der Waals surface area contributed by atoms with Gasteiger partial charge in [-0.3, -0.25) is 4.55 Å². The van der Waals surface area contributed by atoms with Crippen molar-refractivity contribution in [2.75, 3.05) is 0 Å². The molecule has 0 rings (SSSR count). The van der Waals surface area contributed by atoms with Gasteiger partial charge in [-0.2, -0.15) is 4.31 Å². The highest BCUT2D eigenvalue weighted by Gasteiger charge is 2.25. The van der Waals surface area contributed by atoms with Crippen LogP contribution in [0.5, 0.6) is 0 Å². The number of hydrogen-bond acceptors (Lipinski definition) is 1. The summed E-state index contributed by atoms with van der Waals surface area (Å²) in [5, 5.41) is 0. The molecule has 0 amide bonds. The fourth-order valence-electron chi connectivity index (χ4n) is 2.31.